The van der Waals surface area contributed by atoms with E-state index in [4.69, 9.17) is 0 Å². The highest BCUT2D eigenvalue weighted by Gasteiger charge is 2.13. The maximum atomic E-state index is 12.1. The minimum Gasteiger partial charge on any atom is -0.301 e. The molecule has 0 aliphatic carbocycles. The van der Waals surface area contributed by atoms with Crippen LogP contribution in [0.15, 0.2) is 23.2 Å². The molecule has 1 N–H and O–H groups in total. The van der Waals surface area contributed by atoms with Gasteiger partial charge in [-0.1, -0.05) is 11.8 Å². The highest BCUT2D eigenvalue weighted by molar-refractivity contribution is 8.14. The average molecular weight is 286 g/mol. The Morgan fingerprint density at radius 3 is 2.65 bits per heavy atom. The van der Waals surface area contributed by atoms with E-state index in [0.717, 1.165) is 34.7 Å². The smallest absolute Gasteiger partial charge is 0.257 e. The zero-order valence-corrected chi connectivity index (χ0v) is 12.1. The topological polar surface area (TPSA) is 67.2 Å². The van der Waals surface area contributed by atoms with Gasteiger partial charge in [0.1, 0.15) is 0 Å². The van der Waals surface area contributed by atoms with E-state index in [1.807, 2.05) is 19.9 Å². The van der Waals surface area contributed by atoms with Gasteiger partial charge in [-0.2, -0.15) is 0 Å². The number of nitrogens with zero attached hydrogens (tertiary/aromatic N) is 3. The second kappa shape index (κ2) is 5.20. The monoisotopic (exact) mass is 286 g/mol. The number of fused-ring (bicyclic) bond motifs is 1. The van der Waals surface area contributed by atoms with E-state index in [2.05, 4.69) is 20.3 Å². The van der Waals surface area contributed by atoms with Crippen molar-refractivity contribution in [1.82, 2.24) is 15.3 Å². The normalized spacial score (nSPS) is 14.4. The van der Waals surface area contributed by atoms with Crippen LogP contribution < -0.4 is 5.32 Å². The molecule has 1 amide bonds. The summed E-state index contributed by atoms with van der Waals surface area (Å²) in [4.78, 5) is 25.3. The number of rotatable bonds is 1. The lowest BCUT2D eigenvalue weighted by atomic mass is 10.1. The van der Waals surface area contributed by atoms with E-state index in [-0.39, 0.29) is 5.91 Å². The molecule has 2 aromatic rings. The molecule has 0 saturated heterocycles. The van der Waals surface area contributed by atoms with Crippen molar-refractivity contribution in [2.24, 2.45) is 4.99 Å². The summed E-state index contributed by atoms with van der Waals surface area (Å²) in [7, 11) is 0. The van der Waals surface area contributed by atoms with Gasteiger partial charge in [0, 0.05) is 11.3 Å². The molecule has 0 unspecified atom stereocenters. The number of hydrogen-bond acceptors (Lipinski definition) is 5. The van der Waals surface area contributed by atoms with E-state index in [1.165, 1.54) is 0 Å². The standard InChI is InChI=1S/C14H14N4OS/c1-8-9(2)17-12-7-10(3-4-11(12)16-8)13(19)18-14-15-5-6-20-14/h3-4,7H,5-6H2,1-2H3,(H,15,18,19). The number of nitrogens with one attached hydrogen (secondary N) is 1. The van der Waals surface area contributed by atoms with Crippen LogP contribution >= 0.6 is 11.8 Å². The Hall–Kier alpha value is -1.95. The van der Waals surface area contributed by atoms with E-state index in [1.54, 1.807) is 23.9 Å². The maximum Gasteiger partial charge on any atom is 0.257 e. The number of carbonyl (C=O) groups is 1. The molecule has 6 heteroatoms. The summed E-state index contributed by atoms with van der Waals surface area (Å²) in [6, 6.07) is 5.36. The largest absolute Gasteiger partial charge is 0.301 e. The maximum absolute atomic E-state index is 12.1. The minimum atomic E-state index is -0.153. The third kappa shape index (κ3) is 2.51. The van der Waals surface area contributed by atoms with Crippen molar-refractivity contribution in [2.45, 2.75) is 13.8 Å². The van der Waals surface area contributed by atoms with Crippen molar-refractivity contribution in [1.29, 1.82) is 0 Å². The zero-order valence-electron chi connectivity index (χ0n) is 11.3. The van der Waals surface area contributed by atoms with Crippen LogP contribution in [0.5, 0.6) is 0 Å². The van der Waals surface area contributed by atoms with Crippen LogP contribution in [0.3, 0.4) is 0 Å². The van der Waals surface area contributed by atoms with E-state index in [0.29, 0.717) is 10.7 Å². The van der Waals surface area contributed by atoms with Crippen molar-refractivity contribution in [3.63, 3.8) is 0 Å². The van der Waals surface area contributed by atoms with E-state index >= 15 is 0 Å². The Morgan fingerprint density at radius 1 is 1.20 bits per heavy atom. The predicted molar refractivity (Wildman–Crippen MR) is 81.2 cm³/mol. The van der Waals surface area contributed by atoms with Gasteiger partial charge in [0.2, 0.25) is 0 Å². The van der Waals surface area contributed by atoms with Crippen molar-refractivity contribution in [3.05, 3.63) is 35.2 Å². The lowest BCUT2D eigenvalue weighted by Gasteiger charge is -2.06. The van der Waals surface area contributed by atoms with Crippen molar-refractivity contribution in [3.8, 4) is 0 Å². The Kier molecular flexibility index (Phi) is 3.40. The van der Waals surface area contributed by atoms with Gasteiger partial charge in [0.25, 0.3) is 5.91 Å². The molecule has 0 spiro atoms. The molecule has 0 fully saturated rings. The van der Waals surface area contributed by atoms with Crippen LogP contribution in [-0.2, 0) is 0 Å². The lowest BCUT2D eigenvalue weighted by Crippen LogP contribution is -2.27. The number of amidine groups is 1. The van der Waals surface area contributed by atoms with Gasteiger partial charge in [0.15, 0.2) is 5.17 Å². The molecule has 0 radical (unpaired) electrons. The summed E-state index contributed by atoms with van der Waals surface area (Å²) >= 11 is 1.56. The van der Waals surface area contributed by atoms with Crippen LogP contribution in [0.4, 0.5) is 0 Å². The number of aliphatic imine (C=N–C) groups is 1. The van der Waals surface area contributed by atoms with E-state index in [9.17, 15) is 4.79 Å². The highest BCUT2D eigenvalue weighted by Crippen LogP contribution is 2.15. The summed E-state index contributed by atoms with van der Waals surface area (Å²) in [5, 5.41) is 3.51. The van der Waals surface area contributed by atoms with Crippen LogP contribution in [0.2, 0.25) is 0 Å². The third-order valence-corrected chi connectivity index (χ3v) is 4.03. The second-order valence-electron chi connectivity index (χ2n) is 4.59. The first-order chi connectivity index (χ1) is 9.63. The molecule has 102 valence electrons. The number of carbonyl (C=O) groups excluding carboxylic acids is 1. The number of benzene rings is 1. The van der Waals surface area contributed by atoms with Gasteiger partial charge < -0.3 is 5.32 Å². The summed E-state index contributed by atoms with van der Waals surface area (Å²) in [5.74, 6) is 0.775. The SMILES string of the molecule is Cc1nc2ccc(C(=O)NC3=NCCS3)cc2nc1C. The molecule has 20 heavy (non-hydrogen) atoms. The van der Waals surface area contributed by atoms with Gasteiger partial charge in [-0.3, -0.25) is 9.79 Å². The van der Waals surface area contributed by atoms with Crippen LogP contribution in [0.1, 0.15) is 21.7 Å². The summed E-state index contributed by atoms with van der Waals surface area (Å²) < 4.78 is 0. The fourth-order valence-electron chi connectivity index (χ4n) is 1.95. The van der Waals surface area contributed by atoms with Gasteiger partial charge >= 0.3 is 0 Å². The lowest BCUT2D eigenvalue weighted by molar-refractivity contribution is 0.0978. The summed E-state index contributed by atoms with van der Waals surface area (Å²) in [5.41, 5.74) is 3.90. The molecule has 3 rings (SSSR count). The number of hydrogen-bond donors (Lipinski definition) is 1. The average Bonchev–Trinajstić information content (AvgIpc) is 2.92. The van der Waals surface area contributed by atoms with Gasteiger partial charge in [-0.15, -0.1) is 0 Å². The van der Waals surface area contributed by atoms with Crippen LogP contribution in [0, 0.1) is 13.8 Å². The number of aryl methyl sites for hydroxylation is 2. The fraction of sp³-hybridized carbons (Fsp3) is 0.286. The highest BCUT2D eigenvalue weighted by atomic mass is 32.2. The van der Waals surface area contributed by atoms with E-state index < -0.39 is 0 Å². The van der Waals surface area contributed by atoms with Gasteiger partial charge in [0.05, 0.1) is 29.0 Å². The molecule has 0 saturated carbocycles. The Balaban J connectivity index is 1.91. The number of amides is 1. The van der Waals surface area contributed by atoms with Crippen LogP contribution in [-0.4, -0.2) is 33.3 Å². The summed E-state index contributed by atoms with van der Waals surface area (Å²) in [6.07, 6.45) is 0. The fourth-order valence-corrected chi connectivity index (χ4v) is 2.68. The van der Waals surface area contributed by atoms with Crippen LogP contribution in [0.25, 0.3) is 11.0 Å². The zero-order chi connectivity index (χ0) is 14.1. The molecule has 1 aromatic heterocycles. The molecule has 1 aliphatic rings. The first kappa shape index (κ1) is 13.1. The third-order valence-electron chi connectivity index (χ3n) is 3.14. The number of thioether (sulfide) groups is 1. The molecule has 1 aliphatic heterocycles. The van der Waals surface area contributed by atoms with Crippen molar-refractivity contribution >= 4 is 33.9 Å². The Bertz CT molecular complexity index is 726. The Morgan fingerprint density at radius 2 is 1.95 bits per heavy atom. The van der Waals surface area contributed by atoms with Crippen molar-refractivity contribution < 1.29 is 4.79 Å². The molecule has 5 nitrogen and oxygen atoms in total. The second-order valence-corrected chi connectivity index (χ2v) is 5.67. The molecule has 0 atom stereocenters. The van der Waals surface area contributed by atoms with Gasteiger partial charge in [-0.25, -0.2) is 9.97 Å². The molecule has 0 bridgehead atoms. The minimum absolute atomic E-state index is 0.153. The first-order valence-electron chi connectivity index (χ1n) is 6.37. The first-order valence-corrected chi connectivity index (χ1v) is 7.35. The van der Waals surface area contributed by atoms with Crippen molar-refractivity contribution in [2.75, 3.05) is 12.3 Å². The summed E-state index contributed by atoms with van der Waals surface area (Å²) in [6.45, 7) is 4.61. The molecular weight excluding hydrogens is 272 g/mol. The van der Waals surface area contributed by atoms with Gasteiger partial charge in [-0.05, 0) is 32.0 Å². The predicted octanol–water partition coefficient (Wildman–Crippen LogP) is 2.08. The number of aromatic nitrogens is 2. The molecule has 2 heterocycles. The quantitative estimate of drug-likeness (QED) is 0.871. The Labute approximate surface area is 120 Å². The molecule has 1 aromatic carbocycles. The molecular formula is C14H14N4OS.